The first kappa shape index (κ1) is 11.3. The van der Waals surface area contributed by atoms with E-state index in [1.807, 2.05) is 0 Å². The third-order valence-electron chi connectivity index (χ3n) is 1.83. The molecule has 0 aromatic heterocycles. The molecule has 0 spiro atoms. The van der Waals surface area contributed by atoms with Crippen LogP contribution in [0, 0.1) is 0 Å². The van der Waals surface area contributed by atoms with E-state index in [4.69, 9.17) is 14.2 Å². The minimum atomic E-state index is -0.846. The van der Waals surface area contributed by atoms with Gasteiger partial charge in [-0.15, -0.1) is 0 Å². The first-order valence-corrected chi connectivity index (χ1v) is 5.05. The molecule has 0 radical (unpaired) electrons. The molecule has 0 bridgehead atoms. The molecule has 1 aliphatic rings. The van der Waals surface area contributed by atoms with Gasteiger partial charge in [0, 0.05) is 5.33 Å². The number of ether oxygens (including phenoxy) is 3. The third-order valence-corrected chi connectivity index (χ3v) is 2.50. The molecule has 0 aliphatic carbocycles. The highest BCUT2D eigenvalue weighted by atomic mass is 79.9. The maximum Gasteiger partial charge on any atom is 0.378 e. The Morgan fingerprint density at radius 2 is 2.21 bits per heavy atom. The summed E-state index contributed by atoms with van der Waals surface area (Å²) in [5.41, 5.74) is 0. The Bertz CT molecular complexity index is 262. The molecule has 0 saturated heterocycles. The first-order chi connectivity index (χ1) is 6.65. The van der Waals surface area contributed by atoms with Gasteiger partial charge in [0.25, 0.3) is 0 Å². The molecular formula is C8H11BrO5. The summed E-state index contributed by atoms with van der Waals surface area (Å²) in [4.78, 5) is 11.2. The van der Waals surface area contributed by atoms with Crippen molar-refractivity contribution in [1.29, 1.82) is 0 Å². The SMILES string of the molecule is COC1=C(OC)[C@H]([C@@H](O)CBr)OC1=O. The normalized spacial score (nSPS) is 23.4. The molecule has 2 atom stereocenters. The van der Waals surface area contributed by atoms with Crippen molar-refractivity contribution in [3.05, 3.63) is 11.5 Å². The average molecular weight is 267 g/mol. The Labute approximate surface area is 89.8 Å². The molecule has 0 saturated carbocycles. The van der Waals surface area contributed by atoms with E-state index in [1.54, 1.807) is 0 Å². The second kappa shape index (κ2) is 4.65. The third kappa shape index (κ3) is 1.85. The number of aliphatic hydroxyl groups is 1. The lowest BCUT2D eigenvalue weighted by atomic mass is 10.2. The van der Waals surface area contributed by atoms with Crippen LogP contribution in [0.5, 0.6) is 0 Å². The van der Waals surface area contributed by atoms with Crippen LogP contribution in [0.1, 0.15) is 0 Å². The van der Waals surface area contributed by atoms with Crippen molar-refractivity contribution in [2.24, 2.45) is 0 Å². The maximum absolute atomic E-state index is 11.2. The van der Waals surface area contributed by atoms with E-state index in [-0.39, 0.29) is 16.8 Å². The highest BCUT2D eigenvalue weighted by Crippen LogP contribution is 2.26. The first-order valence-electron chi connectivity index (χ1n) is 3.92. The summed E-state index contributed by atoms with van der Waals surface area (Å²) in [6, 6.07) is 0. The number of aliphatic hydroxyl groups excluding tert-OH is 1. The molecule has 0 aromatic carbocycles. The Morgan fingerprint density at radius 3 is 2.64 bits per heavy atom. The fourth-order valence-electron chi connectivity index (χ4n) is 1.18. The molecule has 1 rings (SSSR count). The summed E-state index contributed by atoms with van der Waals surface area (Å²) in [7, 11) is 2.74. The number of hydrogen-bond acceptors (Lipinski definition) is 5. The lowest BCUT2D eigenvalue weighted by Gasteiger charge is -2.16. The minimum absolute atomic E-state index is 0.0116. The van der Waals surface area contributed by atoms with Gasteiger partial charge in [0.15, 0.2) is 11.9 Å². The molecule has 6 heteroatoms. The van der Waals surface area contributed by atoms with Crippen LogP contribution in [0.15, 0.2) is 11.5 Å². The zero-order valence-electron chi connectivity index (χ0n) is 7.82. The number of hydrogen-bond donors (Lipinski definition) is 1. The van der Waals surface area contributed by atoms with Crippen LogP contribution in [0.2, 0.25) is 0 Å². The van der Waals surface area contributed by atoms with Gasteiger partial charge in [-0.2, -0.15) is 0 Å². The zero-order valence-corrected chi connectivity index (χ0v) is 9.41. The van der Waals surface area contributed by atoms with Crippen LogP contribution < -0.4 is 0 Å². The number of halogens is 1. The summed E-state index contributed by atoms with van der Waals surface area (Å²) in [6.07, 6.45) is -1.64. The summed E-state index contributed by atoms with van der Waals surface area (Å²) in [5.74, 6) is -0.378. The fraction of sp³-hybridized carbons (Fsp3) is 0.625. The van der Waals surface area contributed by atoms with E-state index in [0.717, 1.165) is 0 Å². The molecule has 0 aromatic rings. The summed E-state index contributed by atoms with van der Waals surface area (Å²) in [6.45, 7) is 0. The van der Waals surface area contributed by atoms with Gasteiger partial charge in [0.2, 0.25) is 5.76 Å². The topological polar surface area (TPSA) is 65.0 Å². The molecule has 1 aliphatic heterocycles. The number of esters is 1. The quantitative estimate of drug-likeness (QED) is 0.581. The number of methoxy groups -OCH3 is 2. The van der Waals surface area contributed by atoms with Gasteiger partial charge in [-0.1, -0.05) is 15.9 Å². The Kier molecular flexibility index (Phi) is 3.77. The summed E-state index contributed by atoms with van der Waals surface area (Å²) >= 11 is 3.08. The van der Waals surface area contributed by atoms with E-state index < -0.39 is 18.2 Å². The summed E-state index contributed by atoms with van der Waals surface area (Å²) in [5, 5.41) is 9.78. The van der Waals surface area contributed by atoms with Gasteiger partial charge in [0.1, 0.15) is 6.10 Å². The van der Waals surface area contributed by atoms with Gasteiger partial charge in [-0.3, -0.25) is 0 Å². The van der Waals surface area contributed by atoms with Gasteiger partial charge in [0.05, 0.1) is 14.2 Å². The fourth-order valence-corrected chi connectivity index (χ4v) is 1.52. The smallest absolute Gasteiger partial charge is 0.378 e. The van der Waals surface area contributed by atoms with Crippen molar-refractivity contribution in [3.8, 4) is 0 Å². The van der Waals surface area contributed by atoms with Gasteiger partial charge >= 0.3 is 5.97 Å². The van der Waals surface area contributed by atoms with Crippen LogP contribution in [0.25, 0.3) is 0 Å². The van der Waals surface area contributed by atoms with Gasteiger partial charge in [-0.05, 0) is 0 Å². The number of rotatable bonds is 4. The largest absolute Gasteiger partial charge is 0.493 e. The lowest BCUT2D eigenvalue weighted by molar-refractivity contribution is -0.146. The molecule has 0 amide bonds. The molecule has 1 N–H and O–H groups in total. The van der Waals surface area contributed by atoms with Crippen LogP contribution >= 0.6 is 15.9 Å². The number of carbonyl (C=O) groups is 1. The van der Waals surface area contributed by atoms with Crippen molar-refractivity contribution in [3.63, 3.8) is 0 Å². The lowest BCUT2D eigenvalue weighted by Crippen LogP contribution is -2.30. The molecule has 1 heterocycles. The van der Waals surface area contributed by atoms with Crippen LogP contribution in [0.4, 0.5) is 0 Å². The van der Waals surface area contributed by atoms with Crippen molar-refractivity contribution in [2.45, 2.75) is 12.2 Å². The van der Waals surface area contributed by atoms with Crippen molar-refractivity contribution in [1.82, 2.24) is 0 Å². The Balaban J connectivity index is 2.92. The van der Waals surface area contributed by atoms with Gasteiger partial charge < -0.3 is 19.3 Å². The predicted octanol–water partition coefficient (Wildman–Crippen LogP) is 0.172. The molecule has 14 heavy (non-hydrogen) atoms. The number of alkyl halides is 1. The van der Waals surface area contributed by atoms with E-state index >= 15 is 0 Å². The second-order valence-electron chi connectivity index (χ2n) is 2.65. The van der Waals surface area contributed by atoms with Crippen LogP contribution in [-0.4, -0.2) is 42.8 Å². The van der Waals surface area contributed by atoms with Gasteiger partial charge in [-0.25, -0.2) is 4.79 Å². The van der Waals surface area contributed by atoms with Crippen molar-refractivity contribution in [2.75, 3.05) is 19.5 Å². The predicted molar refractivity (Wildman–Crippen MR) is 50.7 cm³/mol. The molecule has 0 unspecified atom stereocenters. The monoisotopic (exact) mass is 266 g/mol. The number of cyclic esters (lactones) is 1. The average Bonchev–Trinajstić information content (AvgIpc) is 2.53. The van der Waals surface area contributed by atoms with Crippen LogP contribution in [0.3, 0.4) is 0 Å². The van der Waals surface area contributed by atoms with E-state index in [0.29, 0.717) is 0 Å². The molecule has 80 valence electrons. The molecule has 5 nitrogen and oxygen atoms in total. The number of carbonyl (C=O) groups excluding carboxylic acids is 1. The molecule has 0 fully saturated rings. The molecular weight excluding hydrogens is 256 g/mol. The van der Waals surface area contributed by atoms with E-state index in [1.165, 1.54) is 14.2 Å². The highest BCUT2D eigenvalue weighted by molar-refractivity contribution is 9.09. The maximum atomic E-state index is 11.2. The van der Waals surface area contributed by atoms with Crippen LogP contribution in [-0.2, 0) is 19.0 Å². The minimum Gasteiger partial charge on any atom is -0.493 e. The highest BCUT2D eigenvalue weighted by Gasteiger charge is 2.40. The Morgan fingerprint density at radius 1 is 1.57 bits per heavy atom. The Hall–Kier alpha value is -0.750. The van der Waals surface area contributed by atoms with Crippen molar-refractivity contribution < 1.29 is 24.1 Å². The zero-order chi connectivity index (χ0) is 10.7. The van der Waals surface area contributed by atoms with E-state index in [9.17, 15) is 9.90 Å². The van der Waals surface area contributed by atoms with Crippen molar-refractivity contribution >= 4 is 21.9 Å². The standard InChI is InChI=1S/C8H11BrO5/c1-12-6-5(4(10)3-9)14-8(11)7(6)13-2/h4-5,10H,3H2,1-2H3/t4-,5-/m0/s1. The second-order valence-corrected chi connectivity index (χ2v) is 3.30. The van der Waals surface area contributed by atoms with E-state index in [2.05, 4.69) is 15.9 Å². The summed E-state index contributed by atoms with van der Waals surface area (Å²) < 4.78 is 14.6.